The van der Waals surface area contributed by atoms with Crippen LogP contribution in [0.4, 0.5) is 4.39 Å². The van der Waals surface area contributed by atoms with Gasteiger partial charge < -0.3 is 5.32 Å². The number of benzene rings is 1. The number of nitrogens with zero attached hydrogens (tertiary/aromatic N) is 2. The van der Waals surface area contributed by atoms with Gasteiger partial charge in [-0.15, -0.1) is 0 Å². The molecule has 1 atom stereocenters. The summed E-state index contributed by atoms with van der Waals surface area (Å²) >= 11 is 0. The lowest BCUT2D eigenvalue weighted by atomic mass is 9.95. The molecule has 1 N–H and O–H groups in total. The zero-order valence-corrected chi connectivity index (χ0v) is 12.8. The highest BCUT2D eigenvalue weighted by atomic mass is 19.1. The van der Waals surface area contributed by atoms with Gasteiger partial charge in [0.05, 0.1) is 11.7 Å². The predicted molar refractivity (Wildman–Crippen MR) is 79.3 cm³/mol. The molecule has 3 nitrogen and oxygen atoms in total. The Kier molecular flexibility index (Phi) is 4.23. The number of rotatable bonds is 4. The lowest BCUT2D eigenvalue weighted by Crippen LogP contribution is -2.23. The average Bonchev–Trinajstić information content (AvgIpc) is 2.60. The molecule has 1 aromatic carbocycles. The molecule has 0 aliphatic rings. The van der Waals surface area contributed by atoms with Gasteiger partial charge in [-0.3, -0.25) is 4.68 Å². The van der Waals surface area contributed by atoms with E-state index in [1.807, 2.05) is 38.6 Å². The fourth-order valence-electron chi connectivity index (χ4n) is 2.73. The average molecular weight is 275 g/mol. The van der Waals surface area contributed by atoms with E-state index in [0.717, 1.165) is 34.6 Å². The summed E-state index contributed by atoms with van der Waals surface area (Å²) in [6.45, 7) is 8.83. The lowest BCUT2D eigenvalue weighted by molar-refractivity contribution is 0.598. The number of hydrogen-bond acceptors (Lipinski definition) is 2. The van der Waals surface area contributed by atoms with Crippen LogP contribution in [0.2, 0.25) is 0 Å². The smallest absolute Gasteiger partial charge is 0.123 e. The molecule has 1 unspecified atom stereocenters. The quantitative estimate of drug-likeness (QED) is 0.928. The first kappa shape index (κ1) is 14.7. The van der Waals surface area contributed by atoms with Crippen LogP contribution in [0, 0.1) is 26.6 Å². The van der Waals surface area contributed by atoms with Crippen LogP contribution in [-0.4, -0.2) is 16.3 Å². The Labute approximate surface area is 119 Å². The highest BCUT2D eigenvalue weighted by Gasteiger charge is 2.21. The summed E-state index contributed by atoms with van der Waals surface area (Å²) in [7, 11) is 1.94. The molecule has 0 saturated carbocycles. The van der Waals surface area contributed by atoms with Crippen molar-refractivity contribution in [2.75, 3.05) is 6.54 Å². The van der Waals surface area contributed by atoms with Crippen LogP contribution in [0.3, 0.4) is 0 Å². The maximum atomic E-state index is 13.7. The monoisotopic (exact) mass is 275 g/mol. The number of aryl methyl sites for hydroxylation is 3. The van der Waals surface area contributed by atoms with E-state index in [0.29, 0.717) is 0 Å². The Hall–Kier alpha value is -1.68. The van der Waals surface area contributed by atoms with Gasteiger partial charge >= 0.3 is 0 Å². The highest BCUT2D eigenvalue weighted by molar-refractivity contribution is 5.38. The molecule has 20 heavy (non-hydrogen) atoms. The van der Waals surface area contributed by atoms with E-state index in [9.17, 15) is 4.39 Å². The van der Waals surface area contributed by atoms with E-state index >= 15 is 0 Å². The molecule has 0 aliphatic carbocycles. The minimum Gasteiger partial charge on any atom is -0.306 e. The molecule has 2 rings (SSSR count). The maximum absolute atomic E-state index is 13.7. The van der Waals surface area contributed by atoms with Crippen LogP contribution in [-0.2, 0) is 7.05 Å². The van der Waals surface area contributed by atoms with Crippen LogP contribution < -0.4 is 5.32 Å². The number of nitrogens with one attached hydrogen (secondary N) is 1. The summed E-state index contributed by atoms with van der Waals surface area (Å²) in [4.78, 5) is 0. The number of halogens is 1. The molecule has 2 aromatic rings. The standard InChI is InChI=1S/C16H22FN3/c1-6-18-16(13-7-10(2)8-14(17)9-13)15-11(3)19-20(5)12(15)4/h7-9,16,18H,6H2,1-5H3. The Morgan fingerprint density at radius 2 is 1.95 bits per heavy atom. The van der Waals surface area contributed by atoms with Crippen molar-refractivity contribution in [3.63, 3.8) is 0 Å². The fourth-order valence-corrected chi connectivity index (χ4v) is 2.73. The van der Waals surface area contributed by atoms with Gasteiger partial charge in [0.25, 0.3) is 0 Å². The predicted octanol–water partition coefficient (Wildman–Crippen LogP) is 3.18. The molecule has 0 amide bonds. The summed E-state index contributed by atoms with van der Waals surface area (Å²) in [5.41, 5.74) is 5.11. The second-order valence-electron chi connectivity index (χ2n) is 5.26. The first-order valence-electron chi connectivity index (χ1n) is 6.94. The lowest BCUT2D eigenvalue weighted by Gasteiger charge is -2.20. The molecule has 1 heterocycles. The second-order valence-corrected chi connectivity index (χ2v) is 5.26. The van der Waals surface area contributed by atoms with Crippen LogP contribution in [0.5, 0.6) is 0 Å². The van der Waals surface area contributed by atoms with Gasteiger partial charge in [-0.2, -0.15) is 5.10 Å². The van der Waals surface area contributed by atoms with E-state index in [-0.39, 0.29) is 11.9 Å². The molecule has 4 heteroatoms. The van der Waals surface area contributed by atoms with Gasteiger partial charge in [-0.05, 0) is 50.6 Å². The molecule has 0 radical (unpaired) electrons. The largest absolute Gasteiger partial charge is 0.306 e. The fraction of sp³-hybridized carbons (Fsp3) is 0.438. The third-order valence-electron chi connectivity index (χ3n) is 3.66. The molecule has 0 aliphatic heterocycles. The van der Waals surface area contributed by atoms with Crippen molar-refractivity contribution in [2.24, 2.45) is 7.05 Å². The van der Waals surface area contributed by atoms with Gasteiger partial charge in [-0.25, -0.2) is 4.39 Å². The van der Waals surface area contributed by atoms with Crippen molar-refractivity contribution in [1.29, 1.82) is 0 Å². The molecule has 0 saturated heterocycles. The molecule has 1 aromatic heterocycles. The van der Waals surface area contributed by atoms with Crippen molar-refractivity contribution >= 4 is 0 Å². The zero-order valence-electron chi connectivity index (χ0n) is 12.8. The summed E-state index contributed by atoms with van der Waals surface area (Å²) in [6, 6.07) is 5.16. The normalized spacial score (nSPS) is 12.7. The van der Waals surface area contributed by atoms with Crippen molar-refractivity contribution in [1.82, 2.24) is 15.1 Å². The van der Waals surface area contributed by atoms with Crippen molar-refractivity contribution in [3.05, 3.63) is 52.1 Å². The number of aromatic nitrogens is 2. The van der Waals surface area contributed by atoms with Crippen molar-refractivity contribution in [2.45, 2.75) is 33.7 Å². The van der Waals surface area contributed by atoms with Gasteiger partial charge in [0.1, 0.15) is 5.82 Å². The van der Waals surface area contributed by atoms with Crippen LogP contribution >= 0.6 is 0 Å². The van der Waals surface area contributed by atoms with Crippen LogP contribution in [0.15, 0.2) is 18.2 Å². The Morgan fingerprint density at radius 1 is 1.25 bits per heavy atom. The third-order valence-corrected chi connectivity index (χ3v) is 3.66. The first-order chi connectivity index (χ1) is 9.43. The van der Waals surface area contributed by atoms with Gasteiger partial charge in [0, 0.05) is 18.3 Å². The Bertz CT molecular complexity index is 596. The second kappa shape index (κ2) is 5.75. The SMILES string of the molecule is CCNC(c1cc(C)cc(F)c1)c1c(C)nn(C)c1C. The summed E-state index contributed by atoms with van der Waals surface area (Å²) < 4.78 is 15.6. The topological polar surface area (TPSA) is 29.9 Å². The van der Waals surface area contributed by atoms with Crippen molar-refractivity contribution in [3.8, 4) is 0 Å². The number of hydrogen-bond donors (Lipinski definition) is 1. The molecule has 108 valence electrons. The van der Waals surface area contributed by atoms with Gasteiger partial charge in [0.15, 0.2) is 0 Å². The minimum absolute atomic E-state index is 0.0249. The molecule has 0 fully saturated rings. The van der Waals surface area contributed by atoms with E-state index in [2.05, 4.69) is 17.3 Å². The Morgan fingerprint density at radius 3 is 2.45 bits per heavy atom. The van der Waals surface area contributed by atoms with Crippen LogP contribution in [0.1, 0.15) is 41.0 Å². The third kappa shape index (κ3) is 2.75. The zero-order chi connectivity index (χ0) is 14.9. The minimum atomic E-state index is -0.193. The van der Waals surface area contributed by atoms with Crippen LogP contribution in [0.25, 0.3) is 0 Å². The molecular weight excluding hydrogens is 253 g/mol. The highest BCUT2D eigenvalue weighted by Crippen LogP contribution is 2.28. The molecule has 0 bridgehead atoms. The maximum Gasteiger partial charge on any atom is 0.123 e. The van der Waals surface area contributed by atoms with E-state index < -0.39 is 0 Å². The first-order valence-corrected chi connectivity index (χ1v) is 6.94. The van der Waals surface area contributed by atoms with E-state index in [4.69, 9.17) is 0 Å². The summed E-state index contributed by atoms with van der Waals surface area (Å²) in [5.74, 6) is -0.193. The summed E-state index contributed by atoms with van der Waals surface area (Å²) in [6.07, 6.45) is 0. The molecular formula is C16H22FN3. The molecule has 0 spiro atoms. The van der Waals surface area contributed by atoms with E-state index in [1.165, 1.54) is 0 Å². The van der Waals surface area contributed by atoms with Crippen molar-refractivity contribution < 1.29 is 4.39 Å². The van der Waals surface area contributed by atoms with Gasteiger partial charge in [-0.1, -0.05) is 13.0 Å². The van der Waals surface area contributed by atoms with E-state index in [1.54, 1.807) is 12.1 Å². The summed E-state index contributed by atoms with van der Waals surface area (Å²) in [5, 5.41) is 7.91. The van der Waals surface area contributed by atoms with Gasteiger partial charge in [0.2, 0.25) is 0 Å². The Balaban J connectivity index is 2.55.